The van der Waals surface area contributed by atoms with Gasteiger partial charge in [-0.15, -0.1) is 0 Å². The van der Waals surface area contributed by atoms with E-state index in [4.69, 9.17) is 9.26 Å². The molecule has 0 aromatic carbocycles. The Balaban J connectivity index is 1.96. The van der Waals surface area contributed by atoms with Gasteiger partial charge in [-0.3, -0.25) is 4.79 Å². The molecule has 0 saturated carbocycles. The van der Waals surface area contributed by atoms with Crippen molar-refractivity contribution in [3.8, 4) is 0 Å². The number of aromatic nitrogens is 2. The Bertz CT molecular complexity index is 607. The van der Waals surface area contributed by atoms with Gasteiger partial charge in [-0.2, -0.15) is 5.06 Å². The maximum Gasteiger partial charge on any atom is 0.311 e. The highest BCUT2D eigenvalue weighted by Crippen LogP contribution is 2.33. The summed E-state index contributed by atoms with van der Waals surface area (Å²) in [5.41, 5.74) is 0.558. The zero-order valence-electron chi connectivity index (χ0n) is 16.4. The van der Waals surface area contributed by atoms with Crippen molar-refractivity contribution in [3.63, 3.8) is 0 Å². The van der Waals surface area contributed by atoms with Crippen LogP contribution in [-0.2, 0) is 20.5 Å². The number of carbonyl (C=O) groups is 1. The second kappa shape index (κ2) is 8.88. The summed E-state index contributed by atoms with van der Waals surface area (Å²) in [6.07, 6.45) is 9.98. The lowest BCUT2D eigenvalue weighted by molar-refractivity contribution is -0.152. The van der Waals surface area contributed by atoms with Crippen LogP contribution in [0.15, 0.2) is 31.4 Å². The van der Waals surface area contributed by atoms with Gasteiger partial charge in [0.1, 0.15) is 12.9 Å². The van der Waals surface area contributed by atoms with Crippen molar-refractivity contribution >= 4 is 14.3 Å². The lowest BCUT2D eigenvalue weighted by atomic mass is 9.97. The maximum atomic E-state index is 12.3. The van der Waals surface area contributed by atoms with Crippen LogP contribution in [0.5, 0.6) is 0 Å². The van der Waals surface area contributed by atoms with Crippen molar-refractivity contribution < 1.29 is 14.1 Å². The van der Waals surface area contributed by atoms with Crippen LogP contribution >= 0.6 is 0 Å². The third kappa shape index (κ3) is 6.00. The summed E-state index contributed by atoms with van der Waals surface area (Å²) in [6, 6.07) is 1.04. The second-order valence-electron chi connectivity index (χ2n) is 8.19. The lowest BCUT2D eigenvalue weighted by Crippen LogP contribution is -2.46. The highest BCUT2D eigenvalue weighted by Gasteiger charge is 2.41. The molecular weight excluding hydrogens is 346 g/mol. The fourth-order valence-corrected chi connectivity index (χ4v) is 6.87. The Morgan fingerprint density at radius 1 is 1.42 bits per heavy atom. The van der Waals surface area contributed by atoms with Crippen molar-refractivity contribution in [2.75, 3.05) is 13.2 Å². The molecule has 2 rings (SSSR count). The summed E-state index contributed by atoms with van der Waals surface area (Å²) in [5, 5.41) is 2.13. The topological polar surface area (TPSA) is 64.6 Å². The van der Waals surface area contributed by atoms with Crippen molar-refractivity contribution in [1.82, 2.24) is 15.0 Å². The van der Waals surface area contributed by atoms with E-state index in [0.29, 0.717) is 12.1 Å². The molecular formula is C19H31N3O3Si. The quantitative estimate of drug-likeness (QED) is 0.373. The van der Waals surface area contributed by atoms with E-state index < -0.39 is 13.7 Å². The summed E-state index contributed by atoms with van der Waals surface area (Å²) in [4.78, 5) is 20.5. The molecule has 1 aromatic heterocycles. The van der Waals surface area contributed by atoms with Gasteiger partial charge in [0.15, 0.2) is 0 Å². The van der Waals surface area contributed by atoms with E-state index in [2.05, 4.69) is 34.7 Å². The number of rotatable bonds is 9. The number of nitrogens with zero attached hydrogens (tertiary/aromatic N) is 3. The average molecular weight is 378 g/mol. The summed E-state index contributed by atoms with van der Waals surface area (Å²) >= 11 is 0. The minimum Gasteiger partial charge on any atom is -0.461 e. The molecule has 0 bridgehead atoms. The highest BCUT2D eigenvalue weighted by atomic mass is 28.4. The molecule has 1 fully saturated rings. The number of carbonyl (C=O) groups excluding carboxylic acids is 1. The van der Waals surface area contributed by atoms with Gasteiger partial charge < -0.3 is 9.26 Å². The molecule has 1 aliphatic heterocycles. The Labute approximate surface area is 157 Å². The number of ether oxygens (including phenoxy) is 1. The number of hydrogen-bond donors (Lipinski definition) is 0. The van der Waals surface area contributed by atoms with E-state index in [1.54, 1.807) is 12.4 Å². The van der Waals surface area contributed by atoms with Crippen LogP contribution < -0.4 is 0 Å². The standard InChI is InChI=1S/C19H31N3O3Si/c1-6-10-24-18(23)19(2,3)14-26(4,5)25-22-9-7-8-17(22)11-16-12-20-15-21-13-16/h6,12-13,15,17H,1,7-11,14H2,2-5H3. The van der Waals surface area contributed by atoms with E-state index in [-0.39, 0.29) is 12.6 Å². The maximum absolute atomic E-state index is 12.3. The van der Waals surface area contributed by atoms with Crippen LogP contribution in [0.3, 0.4) is 0 Å². The highest BCUT2D eigenvalue weighted by molar-refractivity contribution is 6.71. The summed E-state index contributed by atoms with van der Waals surface area (Å²) < 4.78 is 11.7. The van der Waals surface area contributed by atoms with Gasteiger partial charge >= 0.3 is 5.97 Å². The van der Waals surface area contributed by atoms with Gasteiger partial charge in [0.2, 0.25) is 8.32 Å². The number of hydroxylamine groups is 2. The Kier molecular flexibility index (Phi) is 7.08. The molecule has 1 aliphatic rings. The Morgan fingerprint density at radius 2 is 2.12 bits per heavy atom. The van der Waals surface area contributed by atoms with Gasteiger partial charge in [0.25, 0.3) is 0 Å². The SMILES string of the molecule is C=CCOC(=O)C(C)(C)C[Si](C)(C)ON1CCCC1Cc1cncnc1. The molecule has 7 heteroatoms. The van der Waals surface area contributed by atoms with Gasteiger partial charge in [0.05, 0.1) is 5.41 Å². The van der Waals surface area contributed by atoms with Crippen molar-refractivity contribution in [2.24, 2.45) is 5.41 Å². The number of esters is 1. The third-order valence-corrected chi connectivity index (χ3v) is 6.99. The zero-order chi connectivity index (χ0) is 19.2. The smallest absolute Gasteiger partial charge is 0.311 e. The van der Waals surface area contributed by atoms with Crippen LogP contribution in [0.25, 0.3) is 0 Å². The van der Waals surface area contributed by atoms with Crippen LogP contribution in [0.4, 0.5) is 0 Å². The van der Waals surface area contributed by atoms with E-state index in [1.165, 1.54) is 0 Å². The molecule has 26 heavy (non-hydrogen) atoms. The first-order valence-electron chi connectivity index (χ1n) is 9.21. The molecule has 1 saturated heterocycles. The normalized spacial score (nSPS) is 18.7. The summed E-state index contributed by atoms with van der Waals surface area (Å²) in [6.45, 7) is 13.0. The predicted octanol–water partition coefficient (Wildman–Crippen LogP) is 3.38. The van der Waals surface area contributed by atoms with Crippen molar-refractivity contribution in [1.29, 1.82) is 0 Å². The van der Waals surface area contributed by atoms with Gasteiger partial charge in [0, 0.05) is 25.0 Å². The van der Waals surface area contributed by atoms with Gasteiger partial charge in [-0.1, -0.05) is 12.7 Å². The first-order valence-corrected chi connectivity index (χ1v) is 12.3. The molecule has 144 valence electrons. The number of hydrogen-bond acceptors (Lipinski definition) is 6. The van der Waals surface area contributed by atoms with Crippen molar-refractivity contribution in [3.05, 3.63) is 36.9 Å². The zero-order valence-corrected chi connectivity index (χ0v) is 17.4. The van der Waals surface area contributed by atoms with E-state index >= 15 is 0 Å². The first-order chi connectivity index (χ1) is 12.2. The van der Waals surface area contributed by atoms with Crippen molar-refractivity contribution in [2.45, 2.75) is 58.3 Å². The Morgan fingerprint density at radius 3 is 2.77 bits per heavy atom. The first kappa shape index (κ1) is 20.7. The van der Waals surface area contributed by atoms with Crippen LogP contribution in [0.2, 0.25) is 19.1 Å². The second-order valence-corrected chi connectivity index (χ2v) is 12.2. The molecule has 0 aliphatic carbocycles. The largest absolute Gasteiger partial charge is 0.461 e. The average Bonchev–Trinajstić information content (AvgIpc) is 2.98. The monoisotopic (exact) mass is 377 g/mol. The lowest BCUT2D eigenvalue weighted by Gasteiger charge is -2.36. The van der Waals surface area contributed by atoms with E-state index in [0.717, 1.165) is 31.4 Å². The summed E-state index contributed by atoms with van der Waals surface area (Å²) in [5.74, 6) is -0.194. The van der Waals surface area contributed by atoms with Gasteiger partial charge in [-0.25, -0.2) is 9.97 Å². The molecule has 0 radical (unpaired) electrons. The fourth-order valence-electron chi connectivity index (χ4n) is 3.66. The minimum atomic E-state index is -2.10. The fraction of sp³-hybridized carbons (Fsp3) is 0.632. The minimum absolute atomic E-state index is 0.194. The molecule has 1 unspecified atom stereocenters. The molecule has 2 heterocycles. The molecule has 0 spiro atoms. The van der Waals surface area contributed by atoms with Crippen LogP contribution in [0.1, 0.15) is 32.3 Å². The van der Waals surface area contributed by atoms with Gasteiger partial charge in [-0.05, 0) is 57.8 Å². The third-order valence-electron chi connectivity index (χ3n) is 4.53. The summed E-state index contributed by atoms with van der Waals surface area (Å²) in [7, 11) is -2.10. The predicted molar refractivity (Wildman–Crippen MR) is 104 cm³/mol. The van der Waals surface area contributed by atoms with E-state index in [9.17, 15) is 4.79 Å². The van der Waals surface area contributed by atoms with Crippen LogP contribution in [-0.4, -0.2) is 48.5 Å². The molecule has 1 aromatic rings. The molecule has 0 N–H and O–H groups in total. The van der Waals surface area contributed by atoms with Crippen LogP contribution in [0, 0.1) is 5.41 Å². The van der Waals surface area contributed by atoms with E-state index in [1.807, 2.05) is 26.2 Å². The Hall–Kier alpha value is -1.57. The molecule has 0 amide bonds. The molecule has 6 nitrogen and oxygen atoms in total. The molecule has 1 atom stereocenters.